The number of aryl methyl sites for hydroxylation is 1. The van der Waals surface area contributed by atoms with Crippen molar-refractivity contribution < 1.29 is 14.7 Å². The van der Waals surface area contributed by atoms with E-state index in [-0.39, 0.29) is 11.9 Å². The molecule has 1 aromatic rings. The van der Waals surface area contributed by atoms with Crippen molar-refractivity contribution in [1.29, 1.82) is 0 Å². The topological polar surface area (TPSA) is 81.7 Å². The molecule has 2 aliphatic rings. The Morgan fingerprint density at radius 1 is 1.32 bits per heavy atom. The van der Waals surface area contributed by atoms with Crippen LogP contribution in [0.3, 0.4) is 0 Å². The van der Waals surface area contributed by atoms with Gasteiger partial charge < -0.3 is 15.7 Å². The Morgan fingerprint density at radius 2 is 2.14 bits per heavy atom. The summed E-state index contributed by atoms with van der Waals surface area (Å²) in [6.07, 6.45) is 1.93. The predicted molar refractivity (Wildman–Crippen MR) is 81.7 cm³/mol. The SMILES string of the molecule is O=C(NC1CCCc2ccccc21)C1CNCCN1C(=O)O. The number of carbonyl (C=O) groups is 2. The minimum atomic E-state index is -1.04. The van der Waals surface area contributed by atoms with E-state index >= 15 is 0 Å². The van der Waals surface area contributed by atoms with Gasteiger partial charge in [0.1, 0.15) is 6.04 Å². The lowest BCUT2D eigenvalue weighted by Crippen LogP contribution is -2.59. The van der Waals surface area contributed by atoms with Crippen molar-refractivity contribution in [2.24, 2.45) is 0 Å². The molecule has 0 saturated carbocycles. The Kier molecular flexibility index (Phi) is 4.29. The number of carboxylic acid groups (broad SMARTS) is 1. The van der Waals surface area contributed by atoms with Crippen LogP contribution in [0.15, 0.2) is 24.3 Å². The Hall–Kier alpha value is -2.08. The number of nitrogens with zero attached hydrogens (tertiary/aromatic N) is 1. The first-order valence-corrected chi connectivity index (χ1v) is 7.75. The zero-order chi connectivity index (χ0) is 15.5. The molecule has 1 heterocycles. The average molecular weight is 303 g/mol. The molecule has 0 aromatic heterocycles. The Balaban J connectivity index is 1.73. The molecular weight excluding hydrogens is 282 g/mol. The van der Waals surface area contributed by atoms with Crippen LogP contribution in [-0.4, -0.2) is 47.7 Å². The van der Waals surface area contributed by atoms with Gasteiger partial charge in [0.15, 0.2) is 0 Å². The van der Waals surface area contributed by atoms with Gasteiger partial charge in [0.05, 0.1) is 6.04 Å². The quantitative estimate of drug-likeness (QED) is 0.765. The number of hydrogen-bond donors (Lipinski definition) is 3. The van der Waals surface area contributed by atoms with E-state index in [0.717, 1.165) is 24.8 Å². The maximum Gasteiger partial charge on any atom is 0.408 e. The van der Waals surface area contributed by atoms with E-state index in [0.29, 0.717) is 19.6 Å². The number of carbonyl (C=O) groups excluding carboxylic acids is 1. The highest BCUT2D eigenvalue weighted by atomic mass is 16.4. The van der Waals surface area contributed by atoms with E-state index in [4.69, 9.17) is 0 Å². The van der Waals surface area contributed by atoms with Crippen molar-refractivity contribution in [3.63, 3.8) is 0 Å². The van der Waals surface area contributed by atoms with E-state index in [1.54, 1.807) is 0 Å². The van der Waals surface area contributed by atoms with Gasteiger partial charge in [0.25, 0.3) is 0 Å². The molecule has 0 bridgehead atoms. The number of hydrogen-bond acceptors (Lipinski definition) is 3. The number of piperazine rings is 1. The van der Waals surface area contributed by atoms with Crippen LogP contribution in [0.2, 0.25) is 0 Å². The van der Waals surface area contributed by atoms with Gasteiger partial charge >= 0.3 is 6.09 Å². The molecule has 2 amide bonds. The van der Waals surface area contributed by atoms with Gasteiger partial charge in [-0.2, -0.15) is 0 Å². The third-order valence-corrected chi connectivity index (χ3v) is 4.48. The van der Waals surface area contributed by atoms with Crippen molar-refractivity contribution in [2.45, 2.75) is 31.3 Å². The molecule has 1 aliphatic carbocycles. The highest BCUT2D eigenvalue weighted by Gasteiger charge is 2.33. The zero-order valence-corrected chi connectivity index (χ0v) is 12.4. The molecule has 1 aliphatic heterocycles. The molecule has 0 spiro atoms. The average Bonchev–Trinajstić information content (AvgIpc) is 2.55. The molecule has 0 radical (unpaired) electrons. The monoisotopic (exact) mass is 303 g/mol. The van der Waals surface area contributed by atoms with Crippen LogP contribution in [0, 0.1) is 0 Å². The van der Waals surface area contributed by atoms with E-state index in [2.05, 4.69) is 16.7 Å². The second kappa shape index (κ2) is 6.36. The molecule has 3 N–H and O–H groups in total. The summed E-state index contributed by atoms with van der Waals surface area (Å²) in [5.74, 6) is -0.212. The molecular formula is C16H21N3O3. The summed E-state index contributed by atoms with van der Waals surface area (Å²) >= 11 is 0. The van der Waals surface area contributed by atoms with Crippen molar-refractivity contribution in [3.8, 4) is 0 Å². The lowest BCUT2D eigenvalue weighted by Gasteiger charge is -2.35. The second-order valence-electron chi connectivity index (χ2n) is 5.85. The van der Waals surface area contributed by atoms with Gasteiger partial charge in [0, 0.05) is 19.6 Å². The van der Waals surface area contributed by atoms with Crippen LogP contribution in [0.5, 0.6) is 0 Å². The third kappa shape index (κ3) is 2.92. The zero-order valence-electron chi connectivity index (χ0n) is 12.4. The van der Waals surface area contributed by atoms with Crippen LogP contribution < -0.4 is 10.6 Å². The molecule has 2 atom stereocenters. The number of benzene rings is 1. The fourth-order valence-electron chi connectivity index (χ4n) is 3.34. The standard InChI is InChI=1S/C16H21N3O3/c20-15(14-10-17-8-9-19(14)16(21)22)18-13-7-3-5-11-4-1-2-6-12(11)13/h1-2,4,6,13-14,17H,3,5,7-10H2,(H,18,20)(H,21,22). The normalized spacial score (nSPS) is 24.5. The first-order chi connectivity index (χ1) is 10.7. The summed E-state index contributed by atoms with van der Waals surface area (Å²) in [6, 6.07) is 7.47. The summed E-state index contributed by atoms with van der Waals surface area (Å²) in [5.41, 5.74) is 2.43. The van der Waals surface area contributed by atoms with Crippen LogP contribution in [-0.2, 0) is 11.2 Å². The molecule has 22 heavy (non-hydrogen) atoms. The second-order valence-corrected chi connectivity index (χ2v) is 5.85. The fraction of sp³-hybridized carbons (Fsp3) is 0.500. The van der Waals surface area contributed by atoms with E-state index in [1.165, 1.54) is 10.5 Å². The Morgan fingerprint density at radius 3 is 2.95 bits per heavy atom. The highest BCUT2D eigenvalue weighted by Crippen LogP contribution is 2.29. The first kappa shape index (κ1) is 14.8. The van der Waals surface area contributed by atoms with Gasteiger partial charge in [-0.3, -0.25) is 9.69 Å². The number of amides is 2. The minimum Gasteiger partial charge on any atom is -0.465 e. The van der Waals surface area contributed by atoms with E-state index in [1.807, 2.05) is 18.2 Å². The summed E-state index contributed by atoms with van der Waals surface area (Å²) < 4.78 is 0. The summed E-state index contributed by atoms with van der Waals surface area (Å²) in [7, 11) is 0. The Labute approximate surface area is 129 Å². The molecule has 118 valence electrons. The fourth-order valence-corrected chi connectivity index (χ4v) is 3.34. The molecule has 1 fully saturated rings. The number of rotatable bonds is 2. The molecule has 6 heteroatoms. The van der Waals surface area contributed by atoms with Crippen molar-refractivity contribution >= 4 is 12.0 Å². The van der Waals surface area contributed by atoms with Crippen molar-refractivity contribution in [2.75, 3.05) is 19.6 Å². The minimum absolute atomic E-state index is 0.0185. The van der Waals surface area contributed by atoms with Crippen LogP contribution >= 0.6 is 0 Å². The molecule has 6 nitrogen and oxygen atoms in total. The van der Waals surface area contributed by atoms with Gasteiger partial charge in [-0.05, 0) is 30.4 Å². The molecule has 3 rings (SSSR count). The molecule has 2 unspecified atom stereocenters. The van der Waals surface area contributed by atoms with Gasteiger partial charge in [-0.25, -0.2) is 4.79 Å². The molecule has 1 saturated heterocycles. The summed E-state index contributed by atoms with van der Waals surface area (Å²) in [6.45, 7) is 1.30. The smallest absolute Gasteiger partial charge is 0.408 e. The van der Waals surface area contributed by atoms with Crippen LogP contribution in [0.25, 0.3) is 0 Å². The van der Waals surface area contributed by atoms with Crippen LogP contribution in [0.4, 0.5) is 4.79 Å². The highest BCUT2D eigenvalue weighted by molar-refractivity contribution is 5.86. The third-order valence-electron chi connectivity index (χ3n) is 4.48. The largest absolute Gasteiger partial charge is 0.465 e. The predicted octanol–water partition coefficient (Wildman–Crippen LogP) is 1.13. The Bertz CT molecular complexity index is 576. The number of nitrogens with one attached hydrogen (secondary N) is 2. The van der Waals surface area contributed by atoms with Crippen LogP contribution in [0.1, 0.15) is 30.0 Å². The van der Waals surface area contributed by atoms with E-state index in [9.17, 15) is 14.7 Å². The summed E-state index contributed by atoms with van der Waals surface area (Å²) in [5, 5.41) is 15.4. The van der Waals surface area contributed by atoms with Crippen molar-refractivity contribution in [1.82, 2.24) is 15.5 Å². The first-order valence-electron chi connectivity index (χ1n) is 7.75. The summed E-state index contributed by atoms with van der Waals surface area (Å²) in [4.78, 5) is 25.0. The molecule has 1 aromatic carbocycles. The van der Waals surface area contributed by atoms with Gasteiger partial charge in [-0.1, -0.05) is 24.3 Å². The lowest BCUT2D eigenvalue weighted by molar-refractivity contribution is -0.127. The van der Waals surface area contributed by atoms with Gasteiger partial charge in [0.2, 0.25) is 5.91 Å². The van der Waals surface area contributed by atoms with Gasteiger partial charge in [-0.15, -0.1) is 0 Å². The van der Waals surface area contributed by atoms with Crippen molar-refractivity contribution in [3.05, 3.63) is 35.4 Å². The van der Waals surface area contributed by atoms with E-state index < -0.39 is 12.1 Å². The maximum absolute atomic E-state index is 12.5. The lowest BCUT2D eigenvalue weighted by atomic mass is 9.87. The maximum atomic E-state index is 12.5. The number of fused-ring (bicyclic) bond motifs is 1.